The maximum Gasteiger partial charge on any atom is 4.00 e. The molecule has 0 aromatic carbocycles. The average molecular weight is 419 g/mol. The van der Waals surface area contributed by atoms with E-state index in [2.05, 4.69) is 23.4 Å². The van der Waals surface area contributed by atoms with Crippen LogP contribution in [0.15, 0.2) is 0 Å². The minimum atomic E-state index is -1.47. The van der Waals surface area contributed by atoms with E-state index in [1.54, 1.807) is 0 Å². The van der Waals surface area contributed by atoms with Gasteiger partial charge in [-0.2, -0.15) is 0 Å². The normalized spacial score (nSPS) is 6.29. The van der Waals surface area contributed by atoms with E-state index in [1.807, 2.05) is 0 Å². The number of rotatable bonds is 0. The molecule has 0 aliphatic heterocycles. The zero-order chi connectivity index (χ0) is 17.1. The smallest absolute Gasteiger partial charge is 0.529 e. The van der Waals surface area contributed by atoms with Crippen molar-refractivity contribution in [3.05, 3.63) is 0 Å². The van der Waals surface area contributed by atoms with Crippen molar-refractivity contribution in [2.75, 3.05) is 0 Å². The van der Waals surface area contributed by atoms with E-state index in [4.69, 9.17) is 39.6 Å². The van der Waals surface area contributed by atoms with Gasteiger partial charge in [0.15, 0.2) is 0 Å². The molecule has 0 aliphatic rings. The molecule has 0 bridgehead atoms. The Balaban J connectivity index is -0.0000000533. The second-order valence-electron chi connectivity index (χ2n) is 1.73. The summed E-state index contributed by atoms with van der Waals surface area (Å²) in [7, 11) is 0. The summed E-state index contributed by atoms with van der Waals surface area (Å²) in [5.41, 5.74) is 5.33. The predicted octanol–water partition coefficient (Wildman–Crippen LogP) is -9.21. The summed E-state index contributed by atoms with van der Waals surface area (Å²) in [5.74, 6) is 17.0. The van der Waals surface area contributed by atoms with Crippen molar-refractivity contribution in [2.45, 2.75) is 0 Å². The van der Waals surface area contributed by atoms with Crippen molar-refractivity contribution >= 4 is 48.3 Å². The van der Waals surface area contributed by atoms with Crippen molar-refractivity contribution in [3.8, 4) is 0 Å². The standard InChI is InChI=1S/4CH4N2O2.Sn/c4*2-3-1(4)5;/h4*3H,2H2,(H,4,5);/q;;;;+4/p-4. The summed E-state index contributed by atoms with van der Waals surface area (Å²) >= 11 is 0. The Morgan fingerprint density at radius 3 is 0.571 bits per heavy atom. The Bertz CT molecular complexity index is 233. The molecule has 0 aliphatic carbocycles. The molecule has 120 valence electrons. The number of nitrogens with one attached hydrogen (secondary N) is 4. The van der Waals surface area contributed by atoms with E-state index in [9.17, 15) is 0 Å². The number of hydrogen-bond acceptors (Lipinski definition) is 12. The van der Waals surface area contributed by atoms with E-state index < -0.39 is 24.4 Å². The number of amides is 4. The van der Waals surface area contributed by atoms with Gasteiger partial charge >= 0.3 is 23.9 Å². The fourth-order valence-electron chi connectivity index (χ4n) is 0. The predicted molar refractivity (Wildman–Crippen MR) is 56.6 cm³/mol. The van der Waals surface area contributed by atoms with E-state index in [1.165, 1.54) is 21.7 Å². The van der Waals surface area contributed by atoms with Gasteiger partial charge in [0.2, 0.25) is 0 Å². The second-order valence-corrected chi connectivity index (χ2v) is 1.73. The number of carboxylic acid groups (broad SMARTS) is 4. The van der Waals surface area contributed by atoms with Gasteiger partial charge in [-0.1, -0.05) is 0 Å². The largest absolute Gasteiger partial charge is 4.00 e. The molecule has 0 unspecified atom stereocenters. The van der Waals surface area contributed by atoms with Gasteiger partial charge in [0.25, 0.3) is 0 Å². The van der Waals surface area contributed by atoms with E-state index in [-0.39, 0.29) is 23.9 Å². The van der Waals surface area contributed by atoms with Crippen LogP contribution in [0.4, 0.5) is 19.2 Å². The van der Waals surface area contributed by atoms with Gasteiger partial charge in [-0.25, -0.2) is 23.4 Å². The van der Waals surface area contributed by atoms with Crippen LogP contribution in [0.2, 0.25) is 0 Å². The van der Waals surface area contributed by atoms with Crippen LogP contribution in [0.25, 0.3) is 0 Å². The van der Waals surface area contributed by atoms with Crippen LogP contribution >= 0.6 is 0 Å². The van der Waals surface area contributed by atoms with Gasteiger partial charge in [-0.05, 0) is 0 Å². The number of hydrogen-bond donors (Lipinski definition) is 8. The number of hydrazine groups is 4. The molecule has 12 N–H and O–H groups in total. The minimum absolute atomic E-state index is 0. The Labute approximate surface area is 133 Å². The Kier molecular flexibility index (Phi) is 39.1. The van der Waals surface area contributed by atoms with Gasteiger partial charge in [0.05, 0.1) is 0 Å². The quantitative estimate of drug-likeness (QED) is 0.0785. The first-order valence-corrected chi connectivity index (χ1v) is 3.79. The first-order chi connectivity index (χ1) is 9.08. The van der Waals surface area contributed by atoms with Crippen LogP contribution in [0, 0.1) is 0 Å². The Hall–Kier alpha value is -2.28. The molecule has 0 atom stereocenters. The van der Waals surface area contributed by atoms with Gasteiger partial charge in [0, 0.05) is 0 Å². The van der Waals surface area contributed by atoms with Gasteiger partial charge in [-0.15, -0.1) is 0 Å². The van der Waals surface area contributed by atoms with Crippen molar-refractivity contribution in [2.24, 2.45) is 23.4 Å². The van der Waals surface area contributed by atoms with Crippen molar-refractivity contribution < 1.29 is 39.6 Å². The molecule has 16 nitrogen and oxygen atoms in total. The Morgan fingerprint density at radius 2 is 0.571 bits per heavy atom. The molecule has 0 aromatic heterocycles. The fourth-order valence-corrected chi connectivity index (χ4v) is 0. The van der Waals surface area contributed by atoms with Crippen molar-refractivity contribution in [1.82, 2.24) is 21.7 Å². The molecule has 0 saturated carbocycles. The molecule has 0 aromatic rings. The summed E-state index contributed by atoms with van der Waals surface area (Å²) in [6.45, 7) is 0. The molecule has 21 heavy (non-hydrogen) atoms. The Morgan fingerprint density at radius 1 is 0.524 bits per heavy atom. The van der Waals surface area contributed by atoms with E-state index in [0.717, 1.165) is 0 Å². The summed E-state index contributed by atoms with van der Waals surface area (Å²) in [5, 5.41) is 36.1. The van der Waals surface area contributed by atoms with Crippen molar-refractivity contribution in [1.29, 1.82) is 0 Å². The molecule has 0 radical (unpaired) electrons. The van der Waals surface area contributed by atoms with Crippen LogP contribution in [0.1, 0.15) is 0 Å². The third-order valence-electron chi connectivity index (χ3n) is 0.471. The molecule has 0 spiro atoms. The van der Waals surface area contributed by atoms with E-state index in [0.29, 0.717) is 0 Å². The molecular weight excluding hydrogens is 407 g/mol. The minimum Gasteiger partial charge on any atom is -0.529 e. The van der Waals surface area contributed by atoms with Crippen LogP contribution in [0.5, 0.6) is 0 Å². The van der Waals surface area contributed by atoms with Crippen LogP contribution in [-0.4, -0.2) is 48.3 Å². The van der Waals surface area contributed by atoms with Crippen LogP contribution in [-0.2, 0) is 0 Å². The van der Waals surface area contributed by atoms with Gasteiger partial charge in [-0.3, -0.25) is 0 Å². The zero-order valence-electron chi connectivity index (χ0n) is 10.1. The first-order valence-electron chi connectivity index (χ1n) is 3.79. The average Bonchev–Trinajstić information content (AvgIpc) is 2.40. The van der Waals surface area contributed by atoms with E-state index >= 15 is 0 Å². The van der Waals surface area contributed by atoms with Crippen LogP contribution in [0.3, 0.4) is 0 Å². The fraction of sp³-hybridized carbons (Fsp3) is 0. The zero-order valence-corrected chi connectivity index (χ0v) is 12.9. The van der Waals surface area contributed by atoms with Gasteiger partial charge in [0.1, 0.15) is 24.4 Å². The molecule has 0 rings (SSSR count). The van der Waals surface area contributed by atoms with Crippen LogP contribution < -0.4 is 65.5 Å². The molecule has 4 amide bonds. The summed E-state index contributed by atoms with van der Waals surface area (Å²) in [6.07, 6.45) is -5.87. The molecule has 17 heteroatoms. The summed E-state index contributed by atoms with van der Waals surface area (Å²) in [6, 6.07) is 0. The molecule has 0 saturated heterocycles. The number of nitrogens with two attached hydrogens (primary N) is 4. The summed E-state index contributed by atoms with van der Waals surface area (Å²) < 4.78 is 0. The van der Waals surface area contributed by atoms with Crippen molar-refractivity contribution in [3.63, 3.8) is 0 Å². The summed E-state index contributed by atoms with van der Waals surface area (Å²) in [4.78, 5) is 36.1. The third kappa shape index (κ3) is 134. The molecule has 0 fully saturated rings. The SMILES string of the molecule is NNC(=O)[O-].NNC(=O)[O-].NNC(=O)[O-].NNC(=O)[O-].[Sn+4]. The first kappa shape index (κ1) is 31.2. The molecular formula is C4H12N8O8Sn. The van der Waals surface area contributed by atoms with Gasteiger partial charge < -0.3 is 61.3 Å². The molecule has 0 heterocycles. The maximum atomic E-state index is 9.02. The third-order valence-corrected chi connectivity index (χ3v) is 0.471. The number of carbonyl (C=O) groups excluding carboxylic acids is 4. The second kappa shape index (κ2) is 26.3. The maximum absolute atomic E-state index is 9.02. The monoisotopic (exact) mass is 420 g/mol. The number of carbonyl (C=O) groups is 4. The topological polar surface area (TPSA) is 313 Å².